The zero-order valence-corrected chi connectivity index (χ0v) is 15.5. The number of primary amides is 1. The van der Waals surface area contributed by atoms with E-state index in [-0.39, 0.29) is 5.91 Å². The van der Waals surface area contributed by atoms with Crippen molar-refractivity contribution in [2.45, 2.75) is 43.6 Å². The lowest BCUT2D eigenvalue weighted by Gasteiger charge is -2.21. The second-order valence-corrected chi connectivity index (χ2v) is 8.21. The van der Waals surface area contributed by atoms with E-state index in [1.807, 2.05) is 6.07 Å². The van der Waals surface area contributed by atoms with Crippen LogP contribution in [0, 0.1) is 0 Å². The molecule has 7 heteroatoms. The molecule has 1 atom stereocenters. The Morgan fingerprint density at radius 2 is 2.04 bits per heavy atom. The van der Waals surface area contributed by atoms with E-state index in [1.165, 1.54) is 10.4 Å². The number of likely N-dealkylation sites (N-methyl/N-ethyl adjacent to an activating group) is 1. The monoisotopic (exact) mass is 370 g/mol. The highest BCUT2D eigenvalue weighted by Crippen LogP contribution is 2.41. The third-order valence-electron chi connectivity index (χ3n) is 5.31. The summed E-state index contributed by atoms with van der Waals surface area (Å²) in [5.74, 6) is 0.367. The van der Waals surface area contributed by atoms with Gasteiger partial charge in [0.2, 0.25) is 0 Å². The smallest absolute Gasteiger partial charge is 0.313 e. The molecule has 2 aromatic rings. The summed E-state index contributed by atoms with van der Waals surface area (Å²) in [5.41, 5.74) is 6.84. The summed E-state index contributed by atoms with van der Waals surface area (Å²) < 4.78 is 0. The van der Waals surface area contributed by atoms with Crippen LogP contribution in [0.25, 0.3) is 0 Å². The highest BCUT2D eigenvalue weighted by Gasteiger charge is 2.53. The molecule has 0 aliphatic heterocycles. The largest absolute Gasteiger partial charge is 0.352 e. The predicted molar refractivity (Wildman–Crippen MR) is 101 cm³/mol. The lowest BCUT2D eigenvalue weighted by atomic mass is 9.85. The maximum atomic E-state index is 12.8. The maximum Gasteiger partial charge on any atom is 0.313 e. The molecule has 0 saturated heterocycles. The first-order chi connectivity index (χ1) is 12.5. The standard InChI is InChI=1S/C19H22N4O2S/c1-23(16(24)19(9-10-19)22-17(20)25)18-21-14-8-7-13(11-15(14)26-18)12-5-3-2-4-6-12/h2-6,13H,7-11H2,1H3,(H3,20,22,25)/t13-/m1/s1. The van der Waals surface area contributed by atoms with Crippen LogP contribution in [0.5, 0.6) is 0 Å². The molecule has 0 unspecified atom stereocenters. The van der Waals surface area contributed by atoms with E-state index < -0.39 is 11.6 Å². The molecule has 3 N–H and O–H groups in total. The fourth-order valence-electron chi connectivity index (χ4n) is 3.68. The van der Waals surface area contributed by atoms with Gasteiger partial charge in [-0.25, -0.2) is 9.78 Å². The van der Waals surface area contributed by atoms with Crippen LogP contribution in [-0.4, -0.2) is 29.5 Å². The minimum atomic E-state index is -0.834. The van der Waals surface area contributed by atoms with Crippen LogP contribution in [-0.2, 0) is 17.6 Å². The Labute approximate surface area is 156 Å². The molecule has 26 heavy (non-hydrogen) atoms. The van der Waals surface area contributed by atoms with Gasteiger partial charge in [0, 0.05) is 11.9 Å². The number of urea groups is 1. The van der Waals surface area contributed by atoms with Gasteiger partial charge >= 0.3 is 6.03 Å². The molecule has 6 nitrogen and oxygen atoms in total. The first-order valence-corrected chi connectivity index (χ1v) is 9.69. The number of nitrogens with one attached hydrogen (secondary N) is 1. The molecule has 136 valence electrons. The molecule has 1 aromatic carbocycles. The Kier molecular flexibility index (Phi) is 4.19. The van der Waals surface area contributed by atoms with E-state index in [9.17, 15) is 9.59 Å². The zero-order chi connectivity index (χ0) is 18.3. The van der Waals surface area contributed by atoms with E-state index in [2.05, 4.69) is 29.6 Å². The van der Waals surface area contributed by atoms with Crippen LogP contribution in [0.4, 0.5) is 9.93 Å². The number of anilines is 1. The number of carbonyl (C=O) groups is 2. The minimum Gasteiger partial charge on any atom is -0.352 e. The number of nitrogens with two attached hydrogens (primary N) is 1. The average Bonchev–Trinajstić information content (AvgIpc) is 3.28. The van der Waals surface area contributed by atoms with E-state index in [0.717, 1.165) is 25.0 Å². The maximum absolute atomic E-state index is 12.8. The summed E-state index contributed by atoms with van der Waals surface area (Å²) in [6, 6.07) is 9.90. The van der Waals surface area contributed by atoms with Crippen LogP contribution in [0.3, 0.4) is 0 Å². The van der Waals surface area contributed by atoms with Gasteiger partial charge in [0.1, 0.15) is 5.54 Å². The van der Waals surface area contributed by atoms with Crippen molar-refractivity contribution in [3.8, 4) is 0 Å². The van der Waals surface area contributed by atoms with Crippen LogP contribution < -0.4 is 16.0 Å². The van der Waals surface area contributed by atoms with Gasteiger partial charge in [-0.15, -0.1) is 11.3 Å². The Balaban J connectivity index is 1.51. The summed E-state index contributed by atoms with van der Waals surface area (Å²) in [6.45, 7) is 0. The molecular formula is C19H22N4O2S. The van der Waals surface area contributed by atoms with Crippen molar-refractivity contribution in [3.05, 3.63) is 46.5 Å². The number of hydrogen-bond donors (Lipinski definition) is 2. The highest BCUT2D eigenvalue weighted by molar-refractivity contribution is 7.16. The number of benzene rings is 1. The van der Waals surface area contributed by atoms with Gasteiger partial charge in [-0.3, -0.25) is 9.69 Å². The molecule has 1 fully saturated rings. The number of aromatic nitrogens is 1. The minimum absolute atomic E-state index is 0.137. The molecule has 2 aliphatic carbocycles. The lowest BCUT2D eigenvalue weighted by Crippen LogP contribution is -2.51. The van der Waals surface area contributed by atoms with Crippen molar-refractivity contribution in [2.24, 2.45) is 5.73 Å². The van der Waals surface area contributed by atoms with E-state index in [1.54, 1.807) is 23.3 Å². The van der Waals surface area contributed by atoms with Crippen molar-refractivity contribution >= 4 is 28.4 Å². The van der Waals surface area contributed by atoms with Gasteiger partial charge in [-0.1, -0.05) is 30.3 Å². The molecule has 0 radical (unpaired) electrons. The number of aryl methyl sites for hydroxylation is 1. The van der Waals surface area contributed by atoms with Crippen molar-refractivity contribution < 1.29 is 9.59 Å². The first-order valence-electron chi connectivity index (χ1n) is 8.88. The summed E-state index contributed by atoms with van der Waals surface area (Å²) >= 11 is 1.58. The van der Waals surface area contributed by atoms with Gasteiger partial charge in [0.25, 0.3) is 5.91 Å². The molecule has 1 saturated carbocycles. The van der Waals surface area contributed by atoms with E-state index in [4.69, 9.17) is 10.7 Å². The highest BCUT2D eigenvalue weighted by atomic mass is 32.1. The number of amides is 3. The topological polar surface area (TPSA) is 88.3 Å². The normalized spacial score (nSPS) is 20.1. The summed E-state index contributed by atoms with van der Waals surface area (Å²) in [6.07, 6.45) is 4.22. The predicted octanol–water partition coefficient (Wildman–Crippen LogP) is 2.58. The molecular weight excluding hydrogens is 348 g/mol. The van der Waals surface area contributed by atoms with Crippen molar-refractivity contribution in [1.82, 2.24) is 10.3 Å². The van der Waals surface area contributed by atoms with Gasteiger partial charge in [-0.2, -0.15) is 0 Å². The van der Waals surface area contributed by atoms with Gasteiger partial charge < -0.3 is 11.1 Å². The van der Waals surface area contributed by atoms with Crippen molar-refractivity contribution in [3.63, 3.8) is 0 Å². The molecule has 1 aromatic heterocycles. The fourth-order valence-corrected chi connectivity index (χ4v) is 4.82. The second kappa shape index (κ2) is 6.39. The van der Waals surface area contributed by atoms with Gasteiger partial charge in [0.15, 0.2) is 5.13 Å². The number of nitrogens with zero attached hydrogens (tertiary/aromatic N) is 2. The van der Waals surface area contributed by atoms with Gasteiger partial charge in [0.05, 0.1) is 5.69 Å². The van der Waals surface area contributed by atoms with Crippen molar-refractivity contribution in [2.75, 3.05) is 11.9 Å². The van der Waals surface area contributed by atoms with Crippen LogP contribution in [0.15, 0.2) is 30.3 Å². The third kappa shape index (κ3) is 3.07. The van der Waals surface area contributed by atoms with Crippen molar-refractivity contribution in [1.29, 1.82) is 0 Å². The molecule has 0 spiro atoms. The molecule has 3 amide bonds. The summed E-state index contributed by atoms with van der Waals surface area (Å²) in [7, 11) is 1.73. The number of thiazole rings is 1. The number of fused-ring (bicyclic) bond motifs is 1. The van der Waals surface area contributed by atoms with Crippen LogP contribution in [0.1, 0.15) is 41.3 Å². The van der Waals surface area contributed by atoms with Crippen LogP contribution in [0.2, 0.25) is 0 Å². The molecule has 4 rings (SSSR count). The summed E-state index contributed by atoms with van der Waals surface area (Å²) in [4.78, 5) is 31.5. The number of hydrogen-bond acceptors (Lipinski definition) is 4. The van der Waals surface area contributed by atoms with E-state index >= 15 is 0 Å². The lowest BCUT2D eigenvalue weighted by molar-refractivity contribution is -0.121. The fraction of sp³-hybridized carbons (Fsp3) is 0.421. The molecule has 2 aliphatic rings. The number of carbonyl (C=O) groups excluding carboxylic acids is 2. The molecule has 0 bridgehead atoms. The van der Waals surface area contributed by atoms with E-state index in [0.29, 0.717) is 23.9 Å². The quantitative estimate of drug-likeness (QED) is 0.867. The Bertz CT molecular complexity index is 844. The van der Waals surface area contributed by atoms with Crippen LogP contribution >= 0.6 is 11.3 Å². The SMILES string of the molecule is CN(C(=O)C1(NC(N)=O)CC1)c1nc2c(s1)C[C@H](c1ccccc1)CC2. The molecule has 1 heterocycles. The first kappa shape index (κ1) is 17.0. The second-order valence-electron chi connectivity index (χ2n) is 7.15. The summed E-state index contributed by atoms with van der Waals surface area (Å²) in [5, 5.41) is 3.30. The third-order valence-corrected chi connectivity index (χ3v) is 6.51. The zero-order valence-electron chi connectivity index (χ0n) is 14.7. The Morgan fingerprint density at radius 1 is 1.31 bits per heavy atom. The average molecular weight is 370 g/mol. The number of rotatable bonds is 4. The Morgan fingerprint density at radius 3 is 2.69 bits per heavy atom. The Hall–Kier alpha value is -2.41. The van der Waals surface area contributed by atoms with Gasteiger partial charge in [-0.05, 0) is 43.6 Å².